The lowest BCUT2D eigenvalue weighted by Gasteiger charge is -2.23. The number of carbonyl (C=O) groups is 4. The molecule has 0 saturated carbocycles. The lowest BCUT2D eigenvalue weighted by atomic mass is 9.91. The molecule has 1 aliphatic rings. The van der Waals surface area contributed by atoms with E-state index in [0.29, 0.717) is 12.1 Å². The van der Waals surface area contributed by atoms with Gasteiger partial charge in [-0.1, -0.05) is 13.8 Å². The molecule has 2 rings (SSSR count). The lowest BCUT2D eigenvalue weighted by molar-refractivity contribution is -0.135. The van der Waals surface area contributed by atoms with Gasteiger partial charge in [0, 0.05) is 5.69 Å². The van der Waals surface area contributed by atoms with Gasteiger partial charge in [0.1, 0.15) is 17.9 Å². The number of imide groups is 1. The molecular formula is C18H23FN4O4. The quantitative estimate of drug-likeness (QED) is 0.621. The highest BCUT2D eigenvalue weighted by atomic mass is 19.1. The molecule has 8 nitrogen and oxygen atoms in total. The molecule has 1 aliphatic heterocycles. The van der Waals surface area contributed by atoms with Gasteiger partial charge in [-0.3, -0.25) is 19.3 Å². The largest absolute Gasteiger partial charge is 0.345 e. The van der Waals surface area contributed by atoms with E-state index in [1.165, 1.54) is 24.3 Å². The Hall–Kier alpha value is -2.97. The summed E-state index contributed by atoms with van der Waals surface area (Å²) in [6, 6.07) is 4.53. The summed E-state index contributed by atoms with van der Waals surface area (Å²) in [7, 11) is 0. The molecule has 0 bridgehead atoms. The van der Waals surface area contributed by atoms with Gasteiger partial charge in [-0.05, 0) is 43.5 Å². The van der Waals surface area contributed by atoms with Crippen molar-refractivity contribution in [2.75, 3.05) is 18.4 Å². The number of anilines is 1. The number of amides is 5. The van der Waals surface area contributed by atoms with Crippen LogP contribution in [0.25, 0.3) is 0 Å². The average Bonchev–Trinajstić information content (AvgIpc) is 2.77. The molecule has 1 atom stereocenters. The van der Waals surface area contributed by atoms with Crippen molar-refractivity contribution in [3.8, 4) is 0 Å². The predicted molar refractivity (Wildman–Crippen MR) is 96.1 cm³/mol. The summed E-state index contributed by atoms with van der Waals surface area (Å²) in [6.45, 7) is 4.67. The maximum atomic E-state index is 12.8. The molecule has 0 spiro atoms. The van der Waals surface area contributed by atoms with E-state index in [1.807, 2.05) is 13.8 Å². The third kappa shape index (κ3) is 5.25. The van der Waals surface area contributed by atoms with Crippen LogP contribution in [0.1, 0.15) is 27.2 Å². The molecular weight excluding hydrogens is 355 g/mol. The molecule has 3 N–H and O–H groups in total. The highest BCUT2D eigenvalue weighted by Crippen LogP contribution is 2.24. The molecule has 1 aromatic carbocycles. The van der Waals surface area contributed by atoms with Crippen molar-refractivity contribution in [3.05, 3.63) is 30.1 Å². The Balaban J connectivity index is 1.84. The molecule has 1 aromatic rings. The molecule has 1 heterocycles. The summed E-state index contributed by atoms with van der Waals surface area (Å²) < 4.78 is 12.8. The maximum Gasteiger partial charge on any atom is 0.325 e. The zero-order chi connectivity index (χ0) is 20.2. The summed E-state index contributed by atoms with van der Waals surface area (Å²) in [6.07, 6.45) is 0.454. The minimum absolute atomic E-state index is 0.184. The Bertz CT molecular complexity index is 750. The van der Waals surface area contributed by atoms with Crippen molar-refractivity contribution in [3.63, 3.8) is 0 Å². The van der Waals surface area contributed by atoms with Crippen LogP contribution in [0.2, 0.25) is 0 Å². The highest BCUT2D eigenvalue weighted by Gasteiger charge is 2.48. The van der Waals surface area contributed by atoms with Crippen LogP contribution in [0.5, 0.6) is 0 Å². The SMILES string of the molecule is CC(C)CC1(C)NC(=O)N(CC(=O)NCC(=O)Nc2ccc(F)cc2)C1=O. The number of nitrogens with zero attached hydrogens (tertiary/aromatic N) is 1. The van der Waals surface area contributed by atoms with E-state index >= 15 is 0 Å². The van der Waals surface area contributed by atoms with E-state index in [9.17, 15) is 23.6 Å². The van der Waals surface area contributed by atoms with Crippen molar-refractivity contribution in [1.29, 1.82) is 0 Å². The van der Waals surface area contributed by atoms with Crippen LogP contribution in [0.15, 0.2) is 24.3 Å². The first-order valence-corrected chi connectivity index (χ1v) is 8.57. The topological polar surface area (TPSA) is 108 Å². The summed E-state index contributed by atoms with van der Waals surface area (Å²) >= 11 is 0. The third-order valence-corrected chi connectivity index (χ3v) is 4.04. The Labute approximate surface area is 156 Å². The van der Waals surface area contributed by atoms with Crippen LogP contribution in [-0.2, 0) is 14.4 Å². The van der Waals surface area contributed by atoms with Crippen molar-refractivity contribution in [2.45, 2.75) is 32.7 Å². The Morgan fingerprint density at radius 3 is 2.41 bits per heavy atom. The number of hydrogen-bond donors (Lipinski definition) is 3. The predicted octanol–water partition coefficient (Wildman–Crippen LogP) is 1.24. The van der Waals surface area contributed by atoms with E-state index in [1.54, 1.807) is 6.92 Å². The number of urea groups is 1. The maximum absolute atomic E-state index is 12.8. The Kier molecular flexibility index (Phi) is 6.14. The number of nitrogens with one attached hydrogen (secondary N) is 3. The Morgan fingerprint density at radius 1 is 1.19 bits per heavy atom. The molecule has 1 fully saturated rings. The molecule has 0 aromatic heterocycles. The molecule has 0 radical (unpaired) electrons. The van der Waals surface area contributed by atoms with Gasteiger partial charge in [0.25, 0.3) is 5.91 Å². The molecule has 27 heavy (non-hydrogen) atoms. The van der Waals surface area contributed by atoms with Gasteiger partial charge in [0.2, 0.25) is 11.8 Å². The highest BCUT2D eigenvalue weighted by molar-refractivity contribution is 6.09. The first-order chi connectivity index (χ1) is 12.6. The fourth-order valence-corrected chi connectivity index (χ4v) is 2.96. The van der Waals surface area contributed by atoms with Crippen LogP contribution in [0, 0.1) is 11.7 Å². The Morgan fingerprint density at radius 2 is 1.81 bits per heavy atom. The fourth-order valence-electron chi connectivity index (χ4n) is 2.96. The normalized spacial score (nSPS) is 19.2. The molecule has 1 saturated heterocycles. The van der Waals surface area contributed by atoms with E-state index in [4.69, 9.17) is 0 Å². The van der Waals surface area contributed by atoms with E-state index in [0.717, 1.165) is 4.90 Å². The number of benzene rings is 1. The number of hydrogen-bond acceptors (Lipinski definition) is 4. The number of halogens is 1. The van der Waals surface area contributed by atoms with Gasteiger partial charge in [-0.2, -0.15) is 0 Å². The van der Waals surface area contributed by atoms with Gasteiger partial charge in [-0.25, -0.2) is 9.18 Å². The minimum Gasteiger partial charge on any atom is -0.345 e. The summed E-state index contributed by atoms with van der Waals surface area (Å²) in [5.74, 6) is -1.87. The van der Waals surface area contributed by atoms with E-state index in [-0.39, 0.29) is 12.5 Å². The summed E-state index contributed by atoms with van der Waals surface area (Å²) in [4.78, 5) is 49.2. The fraction of sp³-hybridized carbons (Fsp3) is 0.444. The smallest absolute Gasteiger partial charge is 0.325 e. The average molecular weight is 378 g/mol. The van der Waals surface area contributed by atoms with Crippen molar-refractivity contribution in [2.24, 2.45) is 5.92 Å². The van der Waals surface area contributed by atoms with Crippen molar-refractivity contribution in [1.82, 2.24) is 15.5 Å². The van der Waals surface area contributed by atoms with Crippen molar-refractivity contribution < 1.29 is 23.6 Å². The minimum atomic E-state index is -1.04. The second-order valence-electron chi connectivity index (χ2n) is 7.08. The first-order valence-electron chi connectivity index (χ1n) is 8.57. The summed E-state index contributed by atoms with van der Waals surface area (Å²) in [5.41, 5.74) is -0.653. The van der Waals surface area contributed by atoms with Crippen LogP contribution in [0.4, 0.5) is 14.9 Å². The van der Waals surface area contributed by atoms with Gasteiger partial charge in [0.05, 0.1) is 6.54 Å². The van der Waals surface area contributed by atoms with Crippen LogP contribution in [0.3, 0.4) is 0 Å². The standard InChI is InChI=1S/C18H23FN4O4/c1-11(2)8-18(3)16(26)23(17(27)22-18)10-15(25)20-9-14(24)21-13-6-4-12(19)5-7-13/h4-7,11H,8-10H2,1-3H3,(H,20,25)(H,21,24)(H,22,27). The number of carbonyl (C=O) groups excluding carboxylic acids is 4. The zero-order valence-corrected chi connectivity index (χ0v) is 15.5. The van der Waals surface area contributed by atoms with E-state index in [2.05, 4.69) is 16.0 Å². The third-order valence-electron chi connectivity index (χ3n) is 4.04. The second kappa shape index (κ2) is 8.15. The van der Waals surface area contributed by atoms with Crippen molar-refractivity contribution >= 4 is 29.4 Å². The molecule has 9 heteroatoms. The van der Waals surface area contributed by atoms with Crippen LogP contribution in [-0.4, -0.2) is 47.3 Å². The summed E-state index contributed by atoms with van der Waals surface area (Å²) in [5, 5.41) is 7.46. The number of rotatable bonds is 7. The molecule has 146 valence electrons. The lowest BCUT2D eigenvalue weighted by Crippen LogP contribution is -2.46. The van der Waals surface area contributed by atoms with Crippen LogP contribution < -0.4 is 16.0 Å². The first kappa shape index (κ1) is 20.3. The molecule has 0 aliphatic carbocycles. The molecule has 1 unspecified atom stereocenters. The zero-order valence-electron chi connectivity index (χ0n) is 15.5. The van der Waals surface area contributed by atoms with Gasteiger partial charge < -0.3 is 16.0 Å². The monoisotopic (exact) mass is 378 g/mol. The van der Waals surface area contributed by atoms with E-state index < -0.39 is 41.7 Å². The van der Waals surface area contributed by atoms with Gasteiger partial charge in [-0.15, -0.1) is 0 Å². The van der Waals surface area contributed by atoms with Crippen LogP contribution >= 0.6 is 0 Å². The molecule has 5 amide bonds. The van der Waals surface area contributed by atoms with Gasteiger partial charge in [0.15, 0.2) is 0 Å². The second-order valence-corrected chi connectivity index (χ2v) is 7.08. The van der Waals surface area contributed by atoms with Gasteiger partial charge >= 0.3 is 6.03 Å².